The van der Waals surface area contributed by atoms with Crippen LogP contribution < -0.4 is 5.32 Å². The van der Waals surface area contributed by atoms with Crippen molar-refractivity contribution < 1.29 is 9.53 Å². The summed E-state index contributed by atoms with van der Waals surface area (Å²) in [5.41, 5.74) is -0.395. The number of ether oxygens (including phenoxy) is 1. The van der Waals surface area contributed by atoms with Crippen molar-refractivity contribution in [2.45, 2.75) is 51.7 Å². The van der Waals surface area contributed by atoms with E-state index in [1.165, 1.54) is 26.1 Å². The van der Waals surface area contributed by atoms with Crippen molar-refractivity contribution in [3.05, 3.63) is 0 Å². The Labute approximate surface area is 134 Å². The van der Waals surface area contributed by atoms with Gasteiger partial charge in [0.15, 0.2) is 0 Å². The Morgan fingerprint density at radius 1 is 1.23 bits per heavy atom. The number of carbonyl (C=O) groups excluding carboxylic acids is 1. The van der Waals surface area contributed by atoms with Crippen molar-refractivity contribution in [1.29, 1.82) is 0 Å². The first-order valence-corrected chi connectivity index (χ1v) is 8.85. The normalized spacial score (nSPS) is 33.0. The van der Waals surface area contributed by atoms with Gasteiger partial charge in [-0.1, -0.05) is 0 Å². The van der Waals surface area contributed by atoms with Crippen LogP contribution in [0.3, 0.4) is 0 Å². The molecule has 0 unspecified atom stereocenters. The van der Waals surface area contributed by atoms with Gasteiger partial charge in [0.1, 0.15) is 5.60 Å². The number of hydrogen-bond donors (Lipinski definition) is 1. The monoisotopic (exact) mass is 309 g/mol. The molecule has 4 fully saturated rings. The molecule has 3 atom stereocenters. The van der Waals surface area contributed by atoms with E-state index >= 15 is 0 Å². The fraction of sp³-hybridized carbons (Fsp3) is 0.941. The molecular formula is C17H31N3O2. The minimum atomic E-state index is -0.395. The summed E-state index contributed by atoms with van der Waals surface area (Å²) in [6.45, 7) is 12.5. The van der Waals surface area contributed by atoms with E-state index in [1.54, 1.807) is 0 Å². The number of rotatable bonds is 2. The number of piperidine rings is 2. The summed E-state index contributed by atoms with van der Waals surface area (Å²) in [5, 5.41) is 3.42. The zero-order valence-electron chi connectivity index (χ0n) is 14.3. The quantitative estimate of drug-likeness (QED) is 0.846. The van der Waals surface area contributed by atoms with Crippen molar-refractivity contribution in [1.82, 2.24) is 15.1 Å². The van der Waals surface area contributed by atoms with Crippen LogP contribution in [0.5, 0.6) is 0 Å². The highest BCUT2D eigenvalue weighted by Crippen LogP contribution is 2.40. The number of nitrogens with one attached hydrogen (secondary N) is 1. The average Bonchev–Trinajstić information content (AvgIpc) is 2.47. The van der Waals surface area contributed by atoms with E-state index in [4.69, 9.17) is 4.74 Å². The number of hydrogen-bond acceptors (Lipinski definition) is 4. The Kier molecular flexibility index (Phi) is 4.64. The van der Waals surface area contributed by atoms with Gasteiger partial charge in [-0.3, -0.25) is 0 Å². The summed E-state index contributed by atoms with van der Waals surface area (Å²) < 4.78 is 5.58. The zero-order chi connectivity index (χ0) is 15.7. The lowest BCUT2D eigenvalue weighted by Gasteiger charge is -2.50. The van der Waals surface area contributed by atoms with Gasteiger partial charge in [0.25, 0.3) is 0 Å². The van der Waals surface area contributed by atoms with Crippen LogP contribution in [0.2, 0.25) is 0 Å². The van der Waals surface area contributed by atoms with Crippen molar-refractivity contribution in [2.75, 3.05) is 39.3 Å². The Morgan fingerprint density at radius 2 is 1.95 bits per heavy atom. The summed E-state index contributed by atoms with van der Waals surface area (Å²) in [6.07, 6.45) is 3.49. The van der Waals surface area contributed by atoms with E-state index < -0.39 is 5.60 Å². The number of amides is 1. The lowest BCUT2D eigenvalue weighted by atomic mass is 9.72. The first-order chi connectivity index (χ1) is 10.4. The van der Waals surface area contributed by atoms with Gasteiger partial charge in [-0.05, 0) is 51.9 Å². The van der Waals surface area contributed by atoms with Crippen LogP contribution in [0.1, 0.15) is 40.0 Å². The predicted octanol–water partition coefficient (Wildman–Crippen LogP) is 1.93. The second-order valence-electron chi connectivity index (χ2n) is 8.17. The smallest absolute Gasteiger partial charge is 0.410 e. The third kappa shape index (κ3) is 3.74. The van der Waals surface area contributed by atoms with Crippen molar-refractivity contribution in [3.8, 4) is 0 Å². The molecule has 1 amide bonds. The number of carbonyl (C=O) groups is 1. The molecule has 4 rings (SSSR count). The first kappa shape index (κ1) is 16.1. The van der Waals surface area contributed by atoms with Gasteiger partial charge in [0.2, 0.25) is 0 Å². The fourth-order valence-electron chi connectivity index (χ4n) is 4.22. The van der Waals surface area contributed by atoms with Gasteiger partial charge in [-0.25, -0.2) is 4.79 Å². The average molecular weight is 309 g/mol. The zero-order valence-corrected chi connectivity index (χ0v) is 14.3. The molecule has 22 heavy (non-hydrogen) atoms. The molecule has 3 aliphatic heterocycles. The number of piperazine rings is 1. The molecule has 1 saturated carbocycles. The summed E-state index contributed by atoms with van der Waals surface area (Å²) in [6, 6.07) is 0.396. The maximum Gasteiger partial charge on any atom is 0.410 e. The molecule has 0 spiro atoms. The number of fused-ring (bicyclic) bond motifs is 3. The van der Waals surface area contributed by atoms with Gasteiger partial charge >= 0.3 is 6.09 Å². The summed E-state index contributed by atoms with van der Waals surface area (Å²) in [4.78, 5) is 17.0. The summed E-state index contributed by atoms with van der Waals surface area (Å²) in [5.74, 6) is 1.42. The Hall–Kier alpha value is -0.810. The number of nitrogens with zero attached hydrogens (tertiary/aromatic N) is 2. The van der Waals surface area contributed by atoms with Gasteiger partial charge in [-0.2, -0.15) is 0 Å². The van der Waals surface area contributed by atoms with E-state index in [1.807, 2.05) is 25.7 Å². The van der Waals surface area contributed by atoms with Crippen LogP contribution >= 0.6 is 0 Å². The Balaban J connectivity index is 1.55. The maximum absolute atomic E-state index is 12.4. The third-order valence-corrected chi connectivity index (χ3v) is 5.31. The van der Waals surface area contributed by atoms with Crippen LogP contribution in [0, 0.1) is 11.8 Å². The van der Waals surface area contributed by atoms with Crippen LogP contribution in [-0.4, -0.2) is 66.8 Å². The summed E-state index contributed by atoms with van der Waals surface area (Å²) in [7, 11) is 0. The topological polar surface area (TPSA) is 44.8 Å². The first-order valence-electron chi connectivity index (χ1n) is 8.85. The lowest BCUT2D eigenvalue weighted by molar-refractivity contribution is -0.0347. The molecule has 0 aromatic carbocycles. The predicted molar refractivity (Wildman–Crippen MR) is 86.9 cm³/mol. The Morgan fingerprint density at radius 3 is 2.55 bits per heavy atom. The minimum Gasteiger partial charge on any atom is -0.444 e. The molecule has 1 aliphatic carbocycles. The van der Waals surface area contributed by atoms with Gasteiger partial charge < -0.3 is 19.9 Å². The van der Waals surface area contributed by atoms with Crippen LogP contribution in [0.15, 0.2) is 0 Å². The molecule has 0 aromatic heterocycles. The fourth-order valence-corrected chi connectivity index (χ4v) is 4.22. The van der Waals surface area contributed by atoms with Gasteiger partial charge in [0.05, 0.1) is 0 Å². The van der Waals surface area contributed by atoms with E-state index in [0.29, 0.717) is 12.0 Å². The maximum atomic E-state index is 12.4. The van der Waals surface area contributed by atoms with Crippen molar-refractivity contribution in [2.24, 2.45) is 11.8 Å². The second kappa shape index (κ2) is 6.36. The molecule has 3 saturated heterocycles. The highest BCUT2D eigenvalue weighted by Gasteiger charge is 2.43. The van der Waals surface area contributed by atoms with E-state index in [2.05, 4.69) is 10.2 Å². The molecule has 126 valence electrons. The standard InChI is InChI=1S/C17H31N3O2/c1-17(2,3)22-16(21)20-12-13-4-5-15(20)10-14(13)11-19-8-6-18-7-9-19/h13-15,18H,4-12H2,1-3H3/t13-,14+,15-/m0/s1. The molecule has 1 N–H and O–H groups in total. The minimum absolute atomic E-state index is 0.108. The van der Waals surface area contributed by atoms with Crippen LogP contribution in [0.4, 0.5) is 4.79 Å². The molecule has 5 heteroatoms. The molecule has 0 radical (unpaired) electrons. The van der Waals surface area contributed by atoms with Crippen molar-refractivity contribution in [3.63, 3.8) is 0 Å². The Bertz CT molecular complexity index is 401. The van der Waals surface area contributed by atoms with E-state index in [9.17, 15) is 4.79 Å². The third-order valence-electron chi connectivity index (χ3n) is 5.31. The summed E-state index contributed by atoms with van der Waals surface area (Å²) >= 11 is 0. The highest BCUT2D eigenvalue weighted by molar-refractivity contribution is 5.69. The second-order valence-corrected chi connectivity index (χ2v) is 8.17. The molecule has 4 aliphatic rings. The van der Waals surface area contributed by atoms with Gasteiger partial charge in [-0.15, -0.1) is 0 Å². The molecule has 2 bridgehead atoms. The van der Waals surface area contributed by atoms with Gasteiger partial charge in [0, 0.05) is 45.3 Å². The molecular weight excluding hydrogens is 278 g/mol. The SMILES string of the molecule is CC(C)(C)OC(=O)N1C[C@@H]2CC[C@H]1C[C@@H]2CN1CCNCC1. The molecule has 5 nitrogen and oxygen atoms in total. The highest BCUT2D eigenvalue weighted by atomic mass is 16.6. The lowest BCUT2D eigenvalue weighted by Crippen LogP contribution is -2.57. The van der Waals surface area contributed by atoms with Crippen LogP contribution in [0.25, 0.3) is 0 Å². The van der Waals surface area contributed by atoms with Crippen molar-refractivity contribution >= 4 is 6.09 Å². The van der Waals surface area contributed by atoms with Crippen LogP contribution in [-0.2, 0) is 4.74 Å². The largest absolute Gasteiger partial charge is 0.444 e. The molecule has 3 heterocycles. The molecule has 0 aromatic rings. The van der Waals surface area contributed by atoms with E-state index in [0.717, 1.165) is 38.4 Å². The van der Waals surface area contributed by atoms with E-state index in [-0.39, 0.29) is 6.09 Å².